The summed E-state index contributed by atoms with van der Waals surface area (Å²) in [5, 5.41) is 1.00. The Morgan fingerprint density at radius 3 is 2.56 bits per heavy atom. The third-order valence-corrected chi connectivity index (χ3v) is 4.76. The minimum absolute atomic E-state index is 0.830. The van der Waals surface area contributed by atoms with Crippen LogP contribution in [0, 0.1) is 0 Å². The standard InChI is InChI=1S/C11H10Br2N2S/c1-16-11-14-9(12)10(13)15(11)7-8-5-3-2-4-6-8/h2-6H,7H2,1H3. The highest BCUT2D eigenvalue weighted by Crippen LogP contribution is 2.28. The molecule has 0 unspecified atom stereocenters. The lowest BCUT2D eigenvalue weighted by Gasteiger charge is -2.07. The molecule has 2 nitrogen and oxygen atoms in total. The monoisotopic (exact) mass is 360 g/mol. The topological polar surface area (TPSA) is 17.8 Å². The summed E-state index contributed by atoms with van der Waals surface area (Å²) >= 11 is 8.61. The molecule has 0 saturated carbocycles. The van der Waals surface area contributed by atoms with E-state index in [9.17, 15) is 0 Å². The minimum Gasteiger partial charge on any atom is -0.308 e. The molecule has 0 bridgehead atoms. The first-order chi connectivity index (χ1) is 7.72. The van der Waals surface area contributed by atoms with Crippen LogP contribution >= 0.6 is 43.6 Å². The molecule has 0 saturated heterocycles. The van der Waals surface area contributed by atoms with Crippen molar-refractivity contribution in [1.29, 1.82) is 0 Å². The summed E-state index contributed by atoms with van der Waals surface area (Å²) in [7, 11) is 0. The molecule has 0 atom stereocenters. The van der Waals surface area contributed by atoms with Gasteiger partial charge in [0.05, 0.1) is 6.54 Å². The quantitative estimate of drug-likeness (QED) is 0.763. The summed E-state index contributed by atoms with van der Waals surface area (Å²) in [5.74, 6) is 0. The van der Waals surface area contributed by atoms with Crippen LogP contribution in [-0.2, 0) is 6.54 Å². The van der Waals surface area contributed by atoms with Gasteiger partial charge in [0.25, 0.3) is 0 Å². The van der Waals surface area contributed by atoms with Crippen LogP contribution in [0.15, 0.2) is 44.7 Å². The predicted octanol–water partition coefficient (Wildman–Crippen LogP) is 4.18. The molecule has 0 spiro atoms. The first-order valence-corrected chi connectivity index (χ1v) is 7.53. The van der Waals surface area contributed by atoms with E-state index in [4.69, 9.17) is 0 Å². The van der Waals surface area contributed by atoms with E-state index < -0.39 is 0 Å². The van der Waals surface area contributed by atoms with Gasteiger partial charge >= 0.3 is 0 Å². The summed E-state index contributed by atoms with van der Waals surface area (Å²) in [6.45, 7) is 0.830. The molecular weight excluding hydrogens is 352 g/mol. The van der Waals surface area contributed by atoms with Crippen LogP contribution in [0.1, 0.15) is 5.56 Å². The SMILES string of the molecule is CSc1nc(Br)c(Br)n1Cc1ccccc1. The zero-order valence-corrected chi connectivity index (χ0v) is 12.6. The summed E-state index contributed by atoms with van der Waals surface area (Å²) in [5.41, 5.74) is 1.27. The van der Waals surface area contributed by atoms with Crippen LogP contribution in [0.3, 0.4) is 0 Å². The average Bonchev–Trinajstić information content (AvgIpc) is 2.58. The third-order valence-electron chi connectivity index (χ3n) is 2.20. The molecule has 1 aromatic heterocycles. The van der Waals surface area contributed by atoms with Crippen LogP contribution in [0.5, 0.6) is 0 Å². The van der Waals surface area contributed by atoms with Crippen molar-refractivity contribution in [3.05, 3.63) is 45.1 Å². The van der Waals surface area contributed by atoms with Gasteiger partial charge in [0, 0.05) is 0 Å². The van der Waals surface area contributed by atoms with Gasteiger partial charge in [0.2, 0.25) is 0 Å². The number of benzene rings is 1. The smallest absolute Gasteiger partial charge is 0.170 e. The van der Waals surface area contributed by atoms with E-state index in [0.29, 0.717) is 0 Å². The number of halogens is 2. The molecule has 0 radical (unpaired) electrons. The van der Waals surface area contributed by atoms with Crippen molar-refractivity contribution in [1.82, 2.24) is 9.55 Å². The average molecular weight is 362 g/mol. The number of imidazole rings is 1. The first kappa shape index (κ1) is 12.2. The van der Waals surface area contributed by atoms with Gasteiger partial charge in [-0.05, 0) is 43.7 Å². The van der Waals surface area contributed by atoms with Gasteiger partial charge in [0.1, 0.15) is 9.21 Å². The Balaban J connectivity index is 2.34. The molecule has 0 aliphatic heterocycles. The van der Waals surface area contributed by atoms with E-state index in [1.165, 1.54) is 5.56 Å². The Bertz CT molecular complexity index is 482. The molecule has 1 aromatic carbocycles. The minimum atomic E-state index is 0.830. The highest BCUT2D eigenvalue weighted by Gasteiger charge is 2.12. The van der Waals surface area contributed by atoms with E-state index in [2.05, 4.69) is 53.5 Å². The lowest BCUT2D eigenvalue weighted by Crippen LogP contribution is -2.01. The van der Waals surface area contributed by atoms with E-state index in [-0.39, 0.29) is 0 Å². The number of nitrogens with zero attached hydrogens (tertiary/aromatic N) is 2. The zero-order chi connectivity index (χ0) is 11.5. The van der Waals surface area contributed by atoms with Gasteiger partial charge < -0.3 is 4.57 Å². The molecule has 2 rings (SSSR count). The molecule has 0 N–H and O–H groups in total. The number of aromatic nitrogens is 2. The number of hydrogen-bond acceptors (Lipinski definition) is 2. The highest BCUT2D eigenvalue weighted by molar-refractivity contribution is 9.13. The summed E-state index contributed by atoms with van der Waals surface area (Å²) in [6, 6.07) is 10.4. The maximum absolute atomic E-state index is 4.42. The Morgan fingerprint density at radius 1 is 1.25 bits per heavy atom. The molecular formula is C11H10Br2N2S. The van der Waals surface area contributed by atoms with Gasteiger partial charge in [-0.1, -0.05) is 42.1 Å². The van der Waals surface area contributed by atoms with Crippen LogP contribution in [-0.4, -0.2) is 15.8 Å². The van der Waals surface area contributed by atoms with Crippen LogP contribution in [0.2, 0.25) is 0 Å². The van der Waals surface area contributed by atoms with Crippen molar-refractivity contribution in [3.63, 3.8) is 0 Å². The largest absolute Gasteiger partial charge is 0.308 e. The maximum atomic E-state index is 4.42. The van der Waals surface area contributed by atoms with Crippen molar-refractivity contribution in [2.45, 2.75) is 11.7 Å². The van der Waals surface area contributed by atoms with Gasteiger partial charge in [-0.2, -0.15) is 0 Å². The van der Waals surface area contributed by atoms with Crippen molar-refractivity contribution in [2.24, 2.45) is 0 Å². The second-order valence-electron chi connectivity index (χ2n) is 3.25. The Kier molecular flexibility index (Phi) is 4.10. The molecule has 84 valence electrons. The molecule has 0 aliphatic rings. The molecule has 16 heavy (non-hydrogen) atoms. The Hall–Kier alpha value is -0.260. The summed E-state index contributed by atoms with van der Waals surface area (Å²) < 4.78 is 3.98. The fraction of sp³-hybridized carbons (Fsp3) is 0.182. The molecule has 0 amide bonds. The van der Waals surface area contributed by atoms with Crippen molar-refractivity contribution < 1.29 is 0 Å². The van der Waals surface area contributed by atoms with Gasteiger partial charge in [-0.15, -0.1) is 0 Å². The normalized spacial score (nSPS) is 10.7. The fourth-order valence-electron chi connectivity index (χ4n) is 1.44. The van der Waals surface area contributed by atoms with E-state index in [1.54, 1.807) is 11.8 Å². The number of rotatable bonds is 3. The van der Waals surface area contributed by atoms with Crippen molar-refractivity contribution in [3.8, 4) is 0 Å². The Morgan fingerprint density at radius 2 is 1.94 bits per heavy atom. The summed E-state index contributed by atoms with van der Waals surface area (Å²) in [6.07, 6.45) is 2.03. The fourth-order valence-corrected chi connectivity index (χ4v) is 3.00. The molecule has 1 heterocycles. The van der Waals surface area contributed by atoms with Gasteiger partial charge in [-0.3, -0.25) is 0 Å². The van der Waals surface area contributed by atoms with E-state index >= 15 is 0 Å². The second kappa shape index (κ2) is 5.38. The predicted molar refractivity (Wildman–Crippen MR) is 75.0 cm³/mol. The maximum Gasteiger partial charge on any atom is 0.170 e. The highest BCUT2D eigenvalue weighted by atomic mass is 79.9. The lowest BCUT2D eigenvalue weighted by atomic mass is 10.2. The van der Waals surface area contributed by atoms with Crippen LogP contribution in [0.4, 0.5) is 0 Å². The Labute approximate surface area is 116 Å². The van der Waals surface area contributed by atoms with Crippen LogP contribution < -0.4 is 0 Å². The van der Waals surface area contributed by atoms with Crippen molar-refractivity contribution in [2.75, 3.05) is 6.26 Å². The number of thioether (sulfide) groups is 1. The van der Waals surface area contributed by atoms with E-state index in [0.717, 1.165) is 20.9 Å². The van der Waals surface area contributed by atoms with Crippen LogP contribution in [0.25, 0.3) is 0 Å². The molecule has 2 aromatic rings. The molecule has 0 fully saturated rings. The van der Waals surface area contributed by atoms with E-state index in [1.807, 2.05) is 24.5 Å². The first-order valence-electron chi connectivity index (χ1n) is 4.72. The summed E-state index contributed by atoms with van der Waals surface area (Å²) in [4.78, 5) is 4.42. The van der Waals surface area contributed by atoms with Gasteiger partial charge in [0.15, 0.2) is 5.16 Å². The second-order valence-corrected chi connectivity index (χ2v) is 5.53. The molecule has 0 aliphatic carbocycles. The molecule has 5 heteroatoms. The third kappa shape index (κ3) is 2.52. The number of hydrogen-bond donors (Lipinski definition) is 0. The van der Waals surface area contributed by atoms with Gasteiger partial charge in [-0.25, -0.2) is 4.98 Å². The lowest BCUT2D eigenvalue weighted by molar-refractivity contribution is 0.696. The zero-order valence-electron chi connectivity index (χ0n) is 8.65. The van der Waals surface area contributed by atoms with Crippen molar-refractivity contribution >= 4 is 43.6 Å².